The largest absolute Gasteiger partial charge is 0.478 e. The summed E-state index contributed by atoms with van der Waals surface area (Å²) >= 11 is 1.39. The summed E-state index contributed by atoms with van der Waals surface area (Å²) < 4.78 is 5.09. The molecule has 0 aliphatic carbocycles. The molecule has 0 saturated carbocycles. The van der Waals surface area contributed by atoms with Gasteiger partial charge in [-0.05, 0) is 26.8 Å². The van der Waals surface area contributed by atoms with Gasteiger partial charge in [-0.15, -0.1) is 11.3 Å². The summed E-state index contributed by atoms with van der Waals surface area (Å²) in [5, 5.41) is 16.1. The zero-order valence-corrected chi connectivity index (χ0v) is 12.7. The van der Waals surface area contributed by atoms with Crippen molar-refractivity contribution < 1.29 is 19.4 Å². The highest BCUT2D eigenvalue weighted by Gasteiger charge is 2.15. The average molecular weight is 300 g/mol. The lowest BCUT2D eigenvalue weighted by molar-refractivity contribution is 0.0527. The van der Waals surface area contributed by atoms with Crippen LogP contribution in [0.2, 0.25) is 0 Å². The average Bonchev–Trinajstić information content (AvgIpc) is 2.75. The first-order chi connectivity index (χ1) is 9.28. The number of thiophene rings is 1. The van der Waals surface area contributed by atoms with Gasteiger partial charge in [-0.2, -0.15) is 0 Å². The second-order valence-electron chi connectivity index (χ2n) is 5.21. The van der Waals surface area contributed by atoms with E-state index in [9.17, 15) is 9.59 Å². The van der Waals surface area contributed by atoms with E-state index < -0.39 is 17.7 Å². The number of alkyl carbamates (subject to hydrolysis) is 1. The van der Waals surface area contributed by atoms with E-state index in [1.54, 1.807) is 11.4 Å². The van der Waals surface area contributed by atoms with Crippen LogP contribution in [0.25, 0.3) is 0 Å². The van der Waals surface area contributed by atoms with Crippen LogP contribution < -0.4 is 10.6 Å². The van der Waals surface area contributed by atoms with Gasteiger partial charge >= 0.3 is 12.1 Å². The molecule has 0 aliphatic rings. The number of carbonyl (C=O) groups is 2. The van der Waals surface area contributed by atoms with Crippen molar-refractivity contribution in [1.82, 2.24) is 10.6 Å². The van der Waals surface area contributed by atoms with Gasteiger partial charge < -0.3 is 20.5 Å². The molecular weight excluding hydrogens is 280 g/mol. The molecule has 0 unspecified atom stereocenters. The van der Waals surface area contributed by atoms with Gasteiger partial charge in [-0.3, -0.25) is 0 Å². The highest BCUT2D eigenvalue weighted by Crippen LogP contribution is 2.14. The predicted octanol–water partition coefficient (Wildman–Crippen LogP) is 2.06. The molecule has 0 fully saturated rings. The van der Waals surface area contributed by atoms with Crippen molar-refractivity contribution in [3.8, 4) is 0 Å². The third-order valence-corrected chi connectivity index (χ3v) is 3.11. The lowest BCUT2D eigenvalue weighted by Gasteiger charge is -2.19. The molecule has 1 rings (SSSR count). The third kappa shape index (κ3) is 6.53. The van der Waals surface area contributed by atoms with Gasteiger partial charge in [0.25, 0.3) is 0 Å². The molecule has 0 radical (unpaired) electrons. The van der Waals surface area contributed by atoms with Crippen LogP contribution in [0.15, 0.2) is 11.4 Å². The van der Waals surface area contributed by atoms with Gasteiger partial charge in [0, 0.05) is 29.9 Å². The zero-order valence-electron chi connectivity index (χ0n) is 11.9. The lowest BCUT2D eigenvalue weighted by atomic mass is 10.2. The van der Waals surface area contributed by atoms with Crippen LogP contribution in [0.4, 0.5) is 4.79 Å². The summed E-state index contributed by atoms with van der Waals surface area (Å²) in [5.41, 5.74) is -0.194. The van der Waals surface area contributed by atoms with E-state index in [0.717, 1.165) is 4.88 Å². The van der Waals surface area contributed by atoms with Gasteiger partial charge in [-0.25, -0.2) is 9.59 Å². The van der Waals surface area contributed by atoms with Gasteiger partial charge in [-0.1, -0.05) is 0 Å². The highest BCUT2D eigenvalue weighted by molar-refractivity contribution is 7.10. The topological polar surface area (TPSA) is 87.7 Å². The van der Waals surface area contributed by atoms with Gasteiger partial charge in [0.1, 0.15) is 5.60 Å². The Balaban J connectivity index is 2.16. The first-order valence-electron chi connectivity index (χ1n) is 6.26. The molecular formula is C13H20N2O4S. The van der Waals surface area contributed by atoms with Crippen LogP contribution in [0, 0.1) is 0 Å². The molecule has 0 aromatic carbocycles. The molecule has 0 saturated heterocycles. The van der Waals surface area contributed by atoms with E-state index in [1.165, 1.54) is 11.3 Å². The summed E-state index contributed by atoms with van der Waals surface area (Å²) in [5.74, 6) is -0.918. The van der Waals surface area contributed by atoms with Crippen LogP contribution in [-0.2, 0) is 11.3 Å². The van der Waals surface area contributed by atoms with Gasteiger partial charge in [0.15, 0.2) is 0 Å². The van der Waals surface area contributed by atoms with Crippen molar-refractivity contribution in [3.63, 3.8) is 0 Å². The molecule has 6 nitrogen and oxygen atoms in total. The van der Waals surface area contributed by atoms with Crippen LogP contribution in [-0.4, -0.2) is 35.9 Å². The fraction of sp³-hybridized carbons (Fsp3) is 0.538. The summed E-state index contributed by atoms with van der Waals surface area (Å²) in [6, 6.07) is 1.64. The molecule has 3 N–H and O–H groups in total. The second kappa shape index (κ2) is 7.25. The Hall–Kier alpha value is -1.60. The fourth-order valence-corrected chi connectivity index (χ4v) is 2.19. The smallest absolute Gasteiger partial charge is 0.407 e. The van der Waals surface area contributed by atoms with E-state index in [4.69, 9.17) is 9.84 Å². The van der Waals surface area contributed by atoms with Gasteiger partial charge in [0.2, 0.25) is 0 Å². The molecule has 20 heavy (non-hydrogen) atoms. The third-order valence-electron chi connectivity index (χ3n) is 2.17. The minimum Gasteiger partial charge on any atom is -0.478 e. The van der Waals surface area contributed by atoms with E-state index in [-0.39, 0.29) is 0 Å². The zero-order chi connectivity index (χ0) is 15.2. The van der Waals surface area contributed by atoms with Crippen molar-refractivity contribution in [2.75, 3.05) is 13.1 Å². The molecule has 1 aromatic heterocycles. The number of nitrogens with one attached hydrogen (secondary N) is 2. The number of carbonyl (C=O) groups excluding carboxylic acids is 1. The van der Waals surface area contributed by atoms with E-state index in [0.29, 0.717) is 25.2 Å². The van der Waals surface area contributed by atoms with Gasteiger partial charge in [0.05, 0.1) is 5.56 Å². The highest BCUT2D eigenvalue weighted by atomic mass is 32.1. The van der Waals surface area contributed by atoms with E-state index >= 15 is 0 Å². The molecule has 1 aromatic rings. The van der Waals surface area contributed by atoms with Crippen molar-refractivity contribution in [2.24, 2.45) is 0 Å². The van der Waals surface area contributed by atoms with E-state index in [1.807, 2.05) is 20.8 Å². The number of rotatable bonds is 6. The standard InChI is InChI=1S/C13H20N2O4S/c1-13(2,3)19-12(18)15-5-4-14-7-10-6-9(8-20-10)11(16)17/h6,8,14H,4-5,7H2,1-3H3,(H,15,18)(H,16,17). The molecule has 0 aliphatic heterocycles. The molecule has 0 atom stereocenters. The van der Waals surface area contributed by atoms with Crippen molar-refractivity contribution in [1.29, 1.82) is 0 Å². The first-order valence-corrected chi connectivity index (χ1v) is 7.14. The van der Waals surface area contributed by atoms with Crippen LogP contribution in [0.5, 0.6) is 0 Å². The summed E-state index contributed by atoms with van der Waals surface area (Å²) in [4.78, 5) is 23.0. The molecule has 1 heterocycles. The fourth-order valence-electron chi connectivity index (χ4n) is 1.36. The number of amides is 1. The SMILES string of the molecule is CC(C)(C)OC(=O)NCCNCc1cc(C(=O)O)cs1. The number of hydrogen-bond donors (Lipinski definition) is 3. The summed E-state index contributed by atoms with van der Waals surface area (Å²) in [7, 11) is 0. The monoisotopic (exact) mass is 300 g/mol. The number of carboxylic acids is 1. The quantitative estimate of drug-likeness (QED) is 0.700. The maximum atomic E-state index is 11.3. The van der Waals surface area contributed by atoms with Crippen molar-refractivity contribution >= 4 is 23.4 Å². The Kier molecular flexibility index (Phi) is 5.97. The molecule has 112 valence electrons. The Morgan fingerprint density at radius 2 is 2.05 bits per heavy atom. The molecule has 1 amide bonds. The Morgan fingerprint density at radius 3 is 2.60 bits per heavy atom. The Morgan fingerprint density at radius 1 is 1.35 bits per heavy atom. The molecule has 7 heteroatoms. The Labute approximate surface area is 122 Å². The lowest BCUT2D eigenvalue weighted by Crippen LogP contribution is -2.36. The summed E-state index contributed by atoms with van der Waals surface area (Å²) in [6.07, 6.45) is -0.441. The van der Waals surface area contributed by atoms with Crippen molar-refractivity contribution in [3.05, 3.63) is 21.9 Å². The van der Waals surface area contributed by atoms with E-state index in [2.05, 4.69) is 10.6 Å². The minimum atomic E-state index is -0.918. The number of ether oxygens (including phenoxy) is 1. The molecule has 0 spiro atoms. The first kappa shape index (κ1) is 16.5. The Bertz CT molecular complexity index is 465. The second-order valence-corrected chi connectivity index (χ2v) is 6.21. The summed E-state index contributed by atoms with van der Waals surface area (Å²) in [6.45, 7) is 7.03. The van der Waals surface area contributed by atoms with Crippen molar-refractivity contribution in [2.45, 2.75) is 32.9 Å². The number of carboxylic acid groups (broad SMARTS) is 1. The maximum absolute atomic E-state index is 11.3. The minimum absolute atomic E-state index is 0.304. The van der Waals surface area contributed by atoms with Crippen LogP contribution in [0.3, 0.4) is 0 Å². The number of hydrogen-bond acceptors (Lipinski definition) is 5. The van der Waals surface area contributed by atoms with Crippen LogP contribution in [0.1, 0.15) is 36.0 Å². The normalized spacial score (nSPS) is 11.2. The predicted molar refractivity (Wildman–Crippen MR) is 77.2 cm³/mol. The molecule has 0 bridgehead atoms. The van der Waals surface area contributed by atoms with Crippen LogP contribution >= 0.6 is 11.3 Å². The maximum Gasteiger partial charge on any atom is 0.407 e. The number of aromatic carboxylic acids is 1.